The van der Waals surface area contributed by atoms with Gasteiger partial charge in [-0.25, -0.2) is 0 Å². The molecular formula is C19H40IN5. The molecule has 1 aliphatic heterocycles. The topological polar surface area (TPSA) is 42.9 Å². The van der Waals surface area contributed by atoms with E-state index in [1.807, 2.05) is 7.05 Å². The zero-order chi connectivity index (χ0) is 17.3. The third-order valence-electron chi connectivity index (χ3n) is 6.02. The van der Waals surface area contributed by atoms with Crippen molar-refractivity contribution >= 4 is 29.9 Å². The Morgan fingerprint density at radius 2 is 1.80 bits per heavy atom. The lowest BCUT2D eigenvalue weighted by Gasteiger charge is -2.28. The molecule has 0 aromatic carbocycles. The smallest absolute Gasteiger partial charge is 0.190 e. The quantitative estimate of drug-likeness (QED) is 0.263. The fourth-order valence-corrected chi connectivity index (χ4v) is 4.11. The largest absolute Gasteiger partial charge is 0.356 e. The monoisotopic (exact) mass is 465 g/mol. The van der Waals surface area contributed by atoms with Gasteiger partial charge in [-0.05, 0) is 64.2 Å². The molecule has 25 heavy (non-hydrogen) atoms. The van der Waals surface area contributed by atoms with Gasteiger partial charge in [0.15, 0.2) is 5.96 Å². The molecule has 5 nitrogen and oxygen atoms in total. The number of rotatable bonds is 7. The van der Waals surface area contributed by atoms with Gasteiger partial charge in [0.05, 0.1) is 0 Å². The normalized spacial score (nSPS) is 22.3. The highest BCUT2D eigenvalue weighted by Crippen LogP contribution is 2.40. The van der Waals surface area contributed by atoms with Crippen LogP contribution in [0.2, 0.25) is 0 Å². The van der Waals surface area contributed by atoms with Crippen LogP contribution in [0.4, 0.5) is 0 Å². The van der Waals surface area contributed by atoms with Gasteiger partial charge < -0.3 is 20.4 Å². The van der Waals surface area contributed by atoms with E-state index in [0.717, 1.165) is 19.0 Å². The van der Waals surface area contributed by atoms with E-state index in [4.69, 9.17) is 0 Å². The fraction of sp³-hybridized carbons (Fsp3) is 0.947. The van der Waals surface area contributed by atoms with E-state index in [9.17, 15) is 0 Å². The number of hydrogen-bond donors (Lipinski definition) is 2. The molecule has 0 atom stereocenters. The van der Waals surface area contributed by atoms with E-state index < -0.39 is 0 Å². The SMILES string of the molecule is CCC1(CNC(=NC)NCCCN2CCCN(C)CC2)CCCC1.I. The predicted molar refractivity (Wildman–Crippen MR) is 119 cm³/mol. The number of aliphatic imine (C=N–C) groups is 1. The number of hydrogen-bond acceptors (Lipinski definition) is 3. The molecule has 0 unspecified atom stereocenters. The second kappa shape index (κ2) is 12.3. The van der Waals surface area contributed by atoms with Gasteiger partial charge in [0.2, 0.25) is 0 Å². The van der Waals surface area contributed by atoms with Crippen LogP contribution in [-0.2, 0) is 0 Å². The van der Waals surface area contributed by atoms with Gasteiger partial charge in [0, 0.05) is 33.2 Å². The molecule has 0 aromatic rings. The van der Waals surface area contributed by atoms with Crippen molar-refractivity contribution in [3.05, 3.63) is 0 Å². The minimum Gasteiger partial charge on any atom is -0.356 e. The Bertz CT molecular complexity index is 382. The molecule has 0 radical (unpaired) electrons. The van der Waals surface area contributed by atoms with Gasteiger partial charge in [-0.3, -0.25) is 4.99 Å². The molecule has 0 aromatic heterocycles. The summed E-state index contributed by atoms with van der Waals surface area (Å²) in [6.07, 6.45) is 9.29. The van der Waals surface area contributed by atoms with Crippen molar-refractivity contribution in [3.8, 4) is 0 Å². The van der Waals surface area contributed by atoms with Gasteiger partial charge in [0.25, 0.3) is 0 Å². The minimum absolute atomic E-state index is 0. The number of nitrogens with one attached hydrogen (secondary N) is 2. The van der Waals surface area contributed by atoms with Crippen molar-refractivity contribution in [1.82, 2.24) is 20.4 Å². The van der Waals surface area contributed by atoms with Crippen LogP contribution < -0.4 is 10.6 Å². The highest BCUT2D eigenvalue weighted by Gasteiger charge is 2.31. The Morgan fingerprint density at radius 3 is 2.48 bits per heavy atom. The minimum atomic E-state index is 0. The first-order valence-electron chi connectivity index (χ1n) is 10.0. The van der Waals surface area contributed by atoms with Crippen molar-refractivity contribution in [3.63, 3.8) is 0 Å². The molecule has 1 aliphatic carbocycles. The van der Waals surface area contributed by atoms with Crippen LogP contribution in [0.1, 0.15) is 51.9 Å². The van der Waals surface area contributed by atoms with Crippen LogP contribution in [0.5, 0.6) is 0 Å². The third-order valence-corrected chi connectivity index (χ3v) is 6.02. The van der Waals surface area contributed by atoms with Gasteiger partial charge in [-0.15, -0.1) is 24.0 Å². The summed E-state index contributed by atoms with van der Waals surface area (Å²) >= 11 is 0. The van der Waals surface area contributed by atoms with Crippen LogP contribution in [0.15, 0.2) is 4.99 Å². The lowest BCUT2D eigenvalue weighted by atomic mass is 9.83. The first kappa shape index (κ1) is 23.0. The lowest BCUT2D eigenvalue weighted by molar-refractivity contribution is 0.273. The summed E-state index contributed by atoms with van der Waals surface area (Å²) in [4.78, 5) is 9.44. The summed E-state index contributed by atoms with van der Waals surface area (Å²) in [5.74, 6) is 0.977. The zero-order valence-corrected chi connectivity index (χ0v) is 19.0. The number of guanidine groups is 1. The van der Waals surface area contributed by atoms with Crippen molar-refractivity contribution < 1.29 is 0 Å². The Kier molecular flexibility index (Phi) is 11.3. The van der Waals surface area contributed by atoms with Gasteiger partial charge in [-0.2, -0.15) is 0 Å². The van der Waals surface area contributed by atoms with E-state index >= 15 is 0 Å². The summed E-state index contributed by atoms with van der Waals surface area (Å²) in [5, 5.41) is 7.08. The molecule has 0 spiro atoms. The Morgan fingerprint density at radius 1 is 1.04 bits per heavy atom. The molecule has 2 rings (SSSR count). The summed E-state index contributed by atoms with van der Waals surface area (Å²) in [6.45, 7) is 10.5. The zero-order valence-electron chi connectivity index (χ0n) is 16.6. The summed E-state index contributed by atoms with van der Waals surface area (Å²) in [7, 11) is 4.11. The number of likely N-dealkylation sites (N-methyl/N-ethyl adjacent to an activating group) is 1. The molecule has 6 heteroatoms. The van der Waals surface area contributed by atoms with Gasteiger partial charge in [-0.1, -0.05) is 19.8 Å². The lowest BCUT2D eigenvalue weighted by Crippen LogP contribution is -2.43. The molecule has 0 amide bonds. The summed E-state index contributed by atoms with van der Waals surface area (Å²) in [6, 6.07) is 0. The standard InChI is InChI=1S/C19H39N5.HI/c1-4-19(9-5-6-10-19)17-22-18(20-2)21-11-7-13-24-14-8-12-23(3)15-16-24;/h4-17H2,1-3H3,(H2,20,21,22);1H. The summed E-state index contributed by atoms with van der Waals surface area (Å²) in [5.41, 5.74) is 0.510. The maximum absolute atomic E-state index is 4.40. The van der Waals surface area contributed by atoms with Crippen molar-refractivity contribution in [2.24, 2.45) is 10.4 Å². The second-order valence-electron chi connectivity index (χ2n) is 7.77. The first-order chi connectivity index (χ1) is 11.7. The first-order valence-corrected chi connectivity index (χ1v) is 10.0. The second-order valence-corrected chi connectivity index (χ2v) is 7.77. The van der Waals surface area contributed by atoms with E-state index in [0.29, 0.717) is 5.41 Å². The van der Waals surface area contributed by atoms with Crippen molar-refractivity contribution in [2.45, 2.75) is 51.9 Å². The molecule has 1 heterocycles. The van der Waals surface area contributed by atoms with Crippen LogP contribution in [0.25, 0.3) is 0 Å². The van der Waals surface area contributed by atoms with Crippen molar-refractivity contribution in [1.29, 1.82) is 0 Å². The Hall–Kier alpha value is -0.0800. The maximum atomic E-state index is 4.40. The van der Waals surface area contributed by atoms with Gasteiger partial charge in [0.1, 0.15) is 0 Å². The molecule has 2 N–H and O–H groups in total. The third kappa shape index (κ3) is 7.99. The van der Waals surface area contributed by atoms with Crippen LogP contribution in [-0.4, -0.2) is 75.7 Å². The summed E-state index contributed by atoms with van der Waals surface area (Å²) < 4.78 is 0. The highest BCUT2D eigenvalue weighted by atomic mass is 127. The molecule has 148 valence electrons. The van der Waals surface area contributed by atoms with Crippen molar-refractivity contribution in [2.75, 3.05) is 59.9 Å². The Labute approximate surface area is 172 Å². The highest BCUT2D eigenvalue weighted by molar-refractivity contribution is 14.0. The predicted octanol–water partition coefficient (Wildman–Crippen LogP) is 2.77. The van der Waals surface area contributed by atoms with E-state index in [-0.39, 0.29) is 24.0 Å². The van der Waals surface area contributed by atoms with Gasteiger partial charge >= 0.3 is 0 Å². The fourth-order valence-electron chi connectivity index (χ4n) is 4.11. The molecule has 2 aliphatic rings. The average Bonchev–Trinajstić information content (AvgIpc) is 2.98. The molecule has 1 saturated carbocycles. The number of halogens is 1. The van der Waals surface area contributed by atoms with Crippen LogP contribution >= 0.6 is 24.0 Å². The van der Waals surface area contributed by atoms with E-state index in [1.54, 1.807) is 0 Å². The maximum Gasteiger partial charge on any atom is 0.190 e. The molecule has 2 fully saturated rings. The molecular weight excluding hydrogens is 425 g/mol. The number of nitrogens with zero attached hydrogens (tertiary/aromatic N) is 3. The van der Waals surface area contributed by atoms with E-state index in [2.05, 4.69) is 39.4 Å². The molecule has 0 bridgehead atoms. The Balaban J connectivity index is 0.00000312. The van der Waals surface area contributed by atoms with Crippen LogP contribution in [0, 0.1) is 5.41 Å². The molecule has 1 saturated heterocycles. The van der Waals surface area contributed by atoms with Crippen LogP contribution in [0.3, 0.4) is 0 Å². The van der Waals surface area contributed by atoms with E-state index in [1.165, 1.54) is 77.7 Å². The average molecular weight is 465 g/mol.